The molecular formula is C18H18N4S. The summed E-state index contributed by atoms with van der Waals surface area (Å²) in [5.74, 6) is 0. The Balaban J connectivity index is 1.71. The third-order valence-corrected chi connectivity index (χ3v) is 5.46. The summed E-state index contributed by atoms with van der Waals surface area (Å²) in [7, 11) is 0. The van der Waals surface area contributed by atoms with Crippen LogP contribution in [0.3, 0.4) is 0 Å². The maximum Gasteiger partial charge on any atom is 0.180 e. The molecule has 1 aromatic carbocycles. The summed E-state index contributed by atoms with van der Waals surface area (Å²) in [4.78, 5) is 9.72. The highest BCUT2D eigenvalue weighted by Crippen LogP contribution is 2.38. The molecule has 4 N–H and O–H groups in total. The zero-order chi connectivity index (χ0) is 15.9. The Bertz CT molecular complexity index is 843. The first-order valence-electron chi connectivity index (χ1n) is 7.68. The van der Waals surface area contributed by atoms with Gasteiger partial charge in [0.25, 0.3) is 0 Å². The lowest BCUT2D eigenvalue weighted by Crippen LogP contribution is -2.41. The van der Waals surface area contributed by atoms with Gasteiger partial charge in [0.05, 0.1) is 5.69 Å². The van der Waals surface area contributed by atoms with E-state index in [2.05, 4.69) is 34.2 Å². The van der Waals surface area contributed by atoms with Gasteiger partial charge in [0, 0.05) is 29.2 Å². The van der Waals surface area contributed by atoms with Crippen molar-refractivity contribution in [3.05, 3.63) is 64.9 Å². The topological polar surface area (TPSA) is 77.8 Å². The van der Waals surface area contributed by atoms with Gasteiger partial charge in [-0.05, 0) is 47.7 Å². The van der Waals surface area contributed by atoms with Gasteiger partial charge in [-0.3, -0.25) is 4.98 Å². The molecule has 0 saturated heterocycles. The molecule has 0 amide bonds. The summed E-state index contributed by atoms with van der Waals surface area (Å²) >= 11 is 1.57. The molecule has 4 nitrogen and oxygen atoms in total. The molecule has 2 aromatic heterocycles. The van der Waals surface area contributed by atoms with Crippen molar-refractivity contribution in [3.8, 4) is 11.1 Å². The van der Waals surface area contributed by atoms with Crippen molar-refractivity contribution in [1.29, 1.82) is 0 Å². The number of pyridine rings is 1. The van der Waals surface area contributed by atoms with Crippen LogP contribution in [0.5, 0.6) is 0 Å². The van der Waals surface area contributed by atoms with Gasteiger partial charge in [-0.2, -0.15) is 0 Å². The van der Waals surface area contributed by atoms with E-state index in [0.29, 0.717) is 5.13 Å². The van der Waals surface area contributed by atoms with Crippen LogP contribution >= 0.6 is 11.3 Å². The lowest BCUT2D eigenvalue weighted by molar-refractivity contribution is 0.386. The number of benzene rings is 1. The van der Waals surface area contributed by atoms with Crippen molar-refractivity contribution in [2.45, 2.75) is 24.8 Å². The zero-order valence-electron chi connectivity index (χ0n) is 12.7. The van der Waals surface area contributed by atoms with Crippen LogP contribution in [0.4, 0.5) is 5.13 Å². The molecule has 0 fully saturated rings. The van der Waals surface area contributed by atoms with Crippen molar-refractivity contribution in [2.75, 3.05) is 5.73 Å². The Morgan fingerprint density at radius 2 is 1.91 bits per heavy atom. The van der Waals surface area contributed by atoms with E-state index in [1.165, 1.54) is 16.0 Å². The minimum absolute atomic E-state index is 0.352. The average molecular weight is 322 g/mol. The van der Waals surface area contributed by atoms with E-state index < -0.39 is 0 Å². The quantitative estimate of drug-likeness (QED) is 0.760. The number of fused-ring (bicyclic) bond motifs is 1. The molecule has 0 saturated carbocycles. The number of hydrogen-bond acceptors (Lipinski definition) is 5. The first-order chi connectivity index (χ1) is 11.1. The molecule has 1 atom stereocenters. The van der Waals surface area contributed by atoms with Crippen molar-refractivity contribution in [2.24, 2.45) is 5.73 Å². The number of nitrogen functional groups attached to an aromatic ring is 1. The van der Waals surface area contributed by atoms with E-state index in [4.69, 9.17) is 11.5 Å². The van der Waals surface area contributed by atoms with Crippen LogP contribution in [0, 0.1) is 0 Å². The van der Waals surface area contributed by atoms with Crippen LogP contribution in [-0.2, 0) is 18.4 Å². The van der Waals surface area contributed by atoms with Crippen molar-refractivity contribution in [3.63, 3.8) is 0 Å². The number of aromatic nitrogens is 2. The van der Waals surface area contributed by atoms with Gasteiger partial charge in [-0.15, -0.1) is 11.3 Å². The number of aryl methyl sites for hydroxylation is 1. The van der Waals surface area contributed by atoms with Crippen LogP contribution in [0.2, 0.25) is 0 Å². The average Bonchev–Trinajstić information content (AvgIpc) is 2.95. The molecule has 3 aromatic rings. The fourth-order valence-electron chi connectivity index (χ4n) is 3.25. The lowest BCUT2D eigenvalue weighted by Gasteiger charge is -2.33. The smallest absolute Gasteiger partial charge is 0.180 e. The summed E-state index contributed by atoms with van der Waals surface area (Å²) in [6.07, 6.45) is 6.21. The Labute approximate surface area is 139 Å². The summed E-state index contributed by atoms with van der Waals surface area (Å²) in [5, 5.41) is 0.643. The second-order valence-corrected chi connectivity index (χ2v) is 7.19. The van der Waals surface area contributed by atoms with Gasteiger partial charge >= 0.3 is 0 Å². The van der Waals surface area contributed by atoms with Gasteiger partial charge in [-0.1, -0.05) is 18.2 Å². The minimum atomic E-state index is -0.352. The summed E-state index contributed by atoms with van der Waals surface area (Å²) in [6, 6.07) is 12.6. The van der Waals surface area contributed by atoms with Gasteiger partial charge < -0.3 is 11.5 Å². The normalized spacial score (nSPS) is 20.2. The van der Waals surface area contributed by atoms with E-state index >= 15 is 0 Å². The second kappa shape index (κ2) is 5.44. The third kappa shape index (κ3) is 2.62. The number of hydrogen-bond donors (Lipinski definition) is 2. The number of nitrogens with zero attached hydrogens (tertiary/aromatic N) is 2. The van der Waals surface area contributed by atoms with Gasteiger partial charge in [0.15, 0.2) is 5.13 Å². The molecule has 0 radical (unpaired) electrons. The Morgan fingerprint density at radius 1 is 1.09 bits per heavy atom. The molecule has 116 valence electrons. The van der Waals surface area contributed by atoms with Crippen LogP contribution in [0.15, 0.2) is 48.8 Å². The number of nitrogens with two attached hydrogens (primary N) is 2. The van der Waals surface area contributed by atoms with Gasteiger partial charge in [0.2, 0.25) is 0 Å². The first-order valence-corrected chi connectivity index (χ1v) is 8.50. The highest BCUT2D eigenvalue weighted by atomic mass is 32.1. The molecular weight excluding hydrogens is 304 g/mol. The van der Waals surface area contributed by atoms with Gasteiger partial charge in [-0.25, -0.2) is 4.98 Å². The SMILES string of the molecule is Nc1nc2c(s1)CC(N)(c1cccc(-c3ccncc3)c1)CC2. The molecule has 2 heterocycles. The predicted molar refractivity (Wildman–Crippen MR) is 94.1 cm³/mol. The zero-order valence-corrected chi connectivity index (χ0v) is 13.5. The van der Waals surface area contributed by atoms with Crippen LogP contribution in [0.25, 0.3) is 11.1 Å². The molecule has 1 aliphatic rings. The van der Waals surface area contributed by atoms with Gasteiger partial charge in [0.1, 0.15) is 0 Å². The second-order valence-electron chi connectivity index (χ2n) is 6.07. The van der Waals surface area contributed by atoms with E-state index in [1.807, 2.05) is 24.5 Å². The van der Waals surface area contributed by atoms with Crippen molar-refractivity contribution < 1.29 is 0 Å². The highest BCUT2D eigenvalue weighted by Gasteiger charge is 2.34. The monoisotopic (exact) mass is 322 g/mol. The highest BCUT2D eigenvalue weighted by molar-refractivity contribution is 7.15. The van der Waals surface area contributed by atoms with Crippen LogP contribution < -0.4 is 11.5 Å². The van der Waals surface area contributed by atoms with E-state index in [0.717, 1.165) is 30.5 Å². The molecule has 0 bridgehead atoms. The fraction of sp³-hybridized carbons (Fsp3) is 0.222. The third-order valence-electron chi connectivity index (χ3n) is 4.53. The largest absolute Gasteiger partial charge is 0.375 e. The van der Waals surface area contributed by atoms with Crippen LogP contribution in [0.1, 0.15) is 22.6 Å². The standard InChI is InChI=1S/C18H18N4S/c19-17-22-15-4-7-18(20,11-16(15)23-17)14-3-1-2-13(10-14)12-5-8-21-9-6-12/h1-3,5-6,8-10H,4,7,11,20H2,(H2,19,22). The molecule has 0 spiro atoms. The summed E-state index contributed by atoms with van der Waals surface area (Å²) in [5.41, 5.74) is 16.9. The number of thiazole rings is 1. The molecule has 1 unspecified atom stereocenters. The summed E-state index contributed by atoms with van der Waals surface area (Å²) in [6.45, 7) is 0. The predicted octanol–water partition coefficient (Wildman–Crippen LogP) is 3.13. The van der Waals surface area contributed by atoms with E-state index in [1.54, 1.807) is 11.3 Å². The Hall–Kier alpha value is -2.24. The Morgan fingerprint density at radius 3 is 2.74 bits per heavy atom. The lowest BCUT2D eigenvalue weighted by atomic mass is 9.78. The maximum absolute atomic E-state index is 6.78. The minimum Gasteiger partial charge on any atom is -0.375 e. The van der Waals surface area contributed by atoms with Crippen molar-refractivity contribution >= 4 is 16.5 Å². The first kappa shape index (κ1) is 14.4. The number of rotatable bonds is 2. The van der Waals surface area contributed by atoms with E-state index in [9.17, 15) is 0 Å². The summed E-state index contributed by atoms with van der Waals surface area (Å²) < 4.78 is 0. The van der Waals surface area contributed by atoms with E-state index in [-0.39, 0.29) is 5.54 Å². The fourth-order valence-corrected chi connectivity index (χ4v) is 4.26. The molecule has 0 aliphatic heterocycles. The molecule has 1 aliphatic carbocycles. The molecule has 5 heteroatoms. The Kier molecular flexibility index (Phi) is 3.39. The molecule has 4 rings (SSSR count). The molecule has 23 heavy (non-hydrogen) atoms. The van der Waals surface area contributed by atoms with Crippen molar-refractivity contribution in [1.82, 2.24) is 9.97 Å². The maximum atomic E-state index is 6.78. The number of anilines is 1. The van der Waals surface area contributed by atoms with Crippen LogP contribution in [-0.4, -0.2) is 9.97 Å².